The van der Waals surface area contributed by atoms with Crippen LogP contribution in [0.15, 0.2) is 9.59 Å². The van der Waals surface area contributed by atoms with Crippen LogP contribution in [0.4, 0.5) is 5.00 Å². The fourth-order valence-electron chi connectivity index (χ4n) is 5.02. The molecule has 3 N–H and O–H groups in total. The Labute approximate surface area is 162 Å². The van der Waals surface area contributed by atoms with Crippen LogP contribution in [0, 0.1) is 5.41 Å². The second-order valence-corrected chi connectivity index (χ2v) is 9.14. The van der Waals surface area contributed by atoms with Gasteiger partial charge in [0.1, 0.15) is 10.4 Å². The van der Waals surface area contributed by atoms with E-state index in [2.05, 4.69) is 16.6 Å². The molecule has 2 aliphatic rings. The molecule has 7 nitrogen and oxygen atoms in total. The normalized spacial score (nSPS) is 27.9. The van der Waals surface area contributed by atoms with Crippen LogP contribution in [0.5, 0.6) is 0 Å². The molecule has 2 aromatic rings. The number of unbranched alkanes of at least 4 members (excludes halogenated alkanes) is 1. The molecule has 1 spiro atoms. The first-order valence-corrected chi connectivity index (χ1v) is 10.8. The SMILES string of the molecule is CCCCn1c(=O)n(C2CCC3(CC2)CC(NC)C3)c(=O)c2c(N)snc21. The number of aromatic nitrogens is 3. The summed E-state index contributed by atoms with van der Waals surface area (Å²) in [4.78, 5) is 26.3. The largest absolute Gasteiger partial charge is 0.389 e. The lowest BCUT2D eigenvalue weighted by atomic mass is 9.58. The molecular weight excluding hydrogens is 362 g/mol. The monoisotopic (exact) mass is 391 g/mol. The summed E-state index contributed by atoms with van der Waals surface area (Å²) in [6.45, 7) is 2.67. The molecule has 2 fully saturated rings. The third kappa shape index (κ3) is 3.02. The standard InChI is InChI=1S/C19H29N5O2S/c1-3-4-9-23-16-14(15(20)27-22-16)17(25)24(18(23)26)13-5-7-19(8-6-13)10-12(11-19)21-2/h12-13,21H,3-11,20H2,1-2H3. The van der Waals surface area contributed by atoms with Gasteiger partial charge in [-0.05, 0) is 68.9 Å². The zero-order valence-electron chi connectivity index (χ0n) is 16.2. The highest BCUT2D eigenvalue weighted by Gasteiger charge is 2.46. The van der Waals surface area contributed by atoms with E-state index >= 15 is 0 Å². The van der Waals surface area contributed by atoms with Crippen molar-refractivity contribution in [3.05, 3.63) is 20.8 Å². The second kappa shape index (κ2) is 7.05. The lowest BCUT2D eigenvalue weighted by molar-refractivity contribution is 0.0258. The van der Waals surface area contributed by atoms with Crippen molar-refractivity contribution in [3.8, 4) is 0 Å². The highest BCUT2D eigenvalue weighted by atomic mass is 32.1. The summed E-state index contributed by atoms with van der Waals surface area (Å²) in [5.41, 5.74) is 6.46. The molecule has 0 bridgehead atoms. The third-order valence-electron chi connectivity index (χ3n) is 6.71. The maximum Gasteiger partial charge on any atom is 0.332 e. The van der Waals surface area contributed by atoms with E-state index in [1.54, 1.807) is 4.57 Å². The number of nitrogens with one attached hydrogen (secondary N) is 1. The van der Waals surface area contributed by atoms with Gasteiger partial charge in [0.05, 0.1) is 0 Å². The Kier molecular flexibility index (Phi) is 4.88. The predicted octanol–water partition coefficient (Wildman–Crippen LogP) is 2.49. The first kappa shape index (κ1) is 18.7. The van der Waals surface area contributed by atoms with Crippen molar-refractivity contribution in [2.24, 2.45) is 5.41 Å². The first-order valence-electron chi connectivity index (χ1n) is 10.1. The lowest BCUT2D eigenvalue weighted by Crippen LogP contribution is -2.50. The molecule has 2 saturated carbocycles. The topological polar surface area (TPSA) is 94.9 Å². The predicted molar refractivity (Wildman–Crippen MR) is 109 cm³/mol. The fourth-order valence-corrected chi connectivity index (χ4v) is 5.66. The van der Waals surface area contributed by atoms with E-state index in [4.69, 9.17) is 5.73 Å². The minimum absolute atomic E-state index is 0.0270. The Morgan fingerprint density at radius 3 is 2.63 bits per heavy atom. The van der Waals surface area contributed by atoms with Gasteiger partial charge in [0.2, 0.25) is 0 Å². The zero-order chi connectivity index (χ0) is 19.2. The Balaban J connectivity index is 1.69. The number of hydrogen-bond donors (Lipinski definition) is 2. The molecule has 2 aliphatic carbocycles. The van der Waals surface area contributed by atoms with Gasteiger partial charge in [0, 0.05) is 18.6 Å². The van der Waals surface area contributed by atoms with Crippen molar-refractivity contribution in [2.45, 2.75) is 76.9 Å². The number of nitrogens with two attached hydrogens (primary N) is 1. The minimum Gasteiger partial charge on any atom is -0.389 e. The fraction of sp³-hybridized carbons (Fsp3) is 0.737. The van der Waals surface area contributed by atoms with Crippen molar-refractivity contribution < 1.29 is 0 Å². The Hall–Kier alpha value is -1.67. The number of nitrogens with zero attached hydrogens (tertiary/aromatic N) is 3. The zero-order valence-corrected chi connectivity index (χ0v) is 17.0. The molecule has 8 heteroatoms. The van der Waals surface area contributed by atoms with Gasteiger partial charge < -0.3 is 11.1 Å². The maximum atomic E-state index is 13.2. The molecule has 2 aromatic heterocycles. The summed E-state index contributed by atoms with van der Waals surface area (Å²) in [5.74, 6) is 0. The van der Waals surface area contributed by atoms with Crippen LogP contribution in [0.2, 0.25) is 0 Å². The van der Waals surface area contributed by atoms with E-state index in [0.29, 0.717) is 34.0 Å². The third-order valence-corrected chi connectivity index (χ3v) is 7.37. The molecule has 148 valence electrons. The first-order chi connectivity index (χ1) is 13.0. The van der Waals surface area contributed by atoms with Gasteiger partial charge in [-0.1, -0.05) is 13.3 Å². The van der Waals surface area contributed by atoms with Gasteiger partial charge in [-0.25, -0.2) is 4.79 Å². The van der Waals surface area contributed by atoms with Gasteiger partial charge in [-0.2, -0.15) is 4.37 Å². The van der Waals surface area contributed by atoms with Gasteiger partial charge in [-0.15, -0.1) is 0 Å². The molecule has 0 radical (unpaired) electrons. The number of fused-ring (bicyclic) bond motifs is 1. The van der Waals surface area contributed by atoms with Gasteiger partial charge in [-0.3, -0.25) is 13.9 Å². The van der Waals surface area contributed by atoms with Gasteiger partial charge in [0.15, 0.2) is 5.65 Å². The number of rotatable bonds is 5. The molecule has 0 amide bonds. The Morgan fingerprint density at radius 1 is 1.30 bits per heavy atom. The number of aryl methyl sites for hydroxylation is 1. The highest BCUT2D eigenvalue weighted by Crippen LogP contribution is 2.53. The number of anilines is 1. The van der Waals surface area contributed by atoms with Crippen LogP contribution < -0.4 is 22.3 Å². The molecule has 0 aliphatic heterocycles. The second-order valence-electron chi connectivity index (χ2n) is 8.33. The molecule has 0 atom stereocenters. The average Bonchev–Trinajstić information content (AvgIpc) is 3.02. The van der Waals surface area contributed by atoms with E-state index < -0.39 is 0 Å². The van der Waals surface area contributed by atoms with Crippen molar-refractivity contribution in [1.29, 1.82) is 0 Å². The summed E-state index contributed by atoms with van der Waals surface area (Å²) in [6, 6.07) is 0.601. The van der Waals surface area contributed by atoms with Crippen LogP contribution in [0.1, 0.15) is 64.3 Å². The van der Waals surface area contributed by atoms with E-state index in [1.807, 2.05) is 7.05 Å². The Morgan fingerprint density at radius 2 is 2.00 bits per heavy atom. The van der Waals surface area contributed by atoms with Crippen LogP contribution in [0.3, 0.4) is 0 Å². The summed E-state index contributed by atoms with van der Waals surface area (Å²) in [5, 5.41) is 4.20. The van der Waals surface area contributed by atoms with Gasteiger partial charge in [0.25, 0.3) is 5.56 Å². The average molecular weight is 392 g/mol. The van der Waals surface area contributed by atoms with Crippen molar-refractivity contribution in [1.82, 2.24) is 18.8 Å². The van der Waals surface area contributed by atoms with E-state index in [9.17, 15) is 9.59 Å². The maximum absolute atomic E-state index is 13.2. The molecule has 0 unspecified atom stereocenters. The molecule has 4 rings (SSSR count). The van der Waals surface area contributed by atoms with Crippen LogP contribution >= 0.6 is 11.5 Å². The van der Waals surface area contributed by atoms with Crippen molar-refractivity contribution in [3.63, 3.8) is 0 Å². The summed E-state index contributed by atoms with van der Waals surface area (Å²) >= 11 is 1.11. The van der Waals surface area contributed by atoms with Crippen LogP contribution in [-0.4, -0.2) is 26.6 Å². The van der Waals surface area contributed by atoms with Crippen molar-refractivity contribution in [2.75, 3.05) is 12.8 Å². The van der Waals surface area contributed by atoms with Crippen molar-refractivity contribution >= 4 is 27.6 Å². The molecule has 27 heavy (non-hydrogen) atoms. The van der Waals surface area contributed by atoms with Crippen LogP contribution in [-0.2, 0) is 6.54 Å². The lowest BCUT2D eigenvalue weighted by Gasteiger charge is -2.51. The highest BCUT2D eigenvalue weighted by molar-refractivity contribution is 7.11. The number of hydrogen-bond acceptors (Lipinski definition) is 6. The molecule has 0 aromatic carbocycles. The van der Waals surface area contributed by atoms with E-state index in [-0.39, 0.29) is 17.3 Å². The summed E-state index contributed by atoms with van der Waals surface area (Å²) in [7, 11) is 2.02. The van der Waals surface area contributed by atoms with E-state index in [0.717, 1.165) is 50.1 Å². The quantitative estimate of drug-likeness (QED) is 0.816. The summed E-state index contributed by atoms with van der Waals surface area (Å²) in [6.07, 6.45) is 8.25. The molecule has 0 saturated heterocycles. The Bertz CT molecular complexity index is 943. The smallest absolute Gasteiger partial charge is 0.332 e. The molecular formula is C19H29N5O2S. The summed E-state index contributed by atoms with van der Waals surface area (Å²) < 4.78 is 7.46. The molecule has 2 heterocycles. The minimum atomic E-state index is -0.253. The van der Waals surface area contributed by atoms with Crippen LogP contribution in [0.25, 0.3) is 11.0 Å². The number of nitrogen functional groups attached to an aromatic ring is 1. The van der Waals surface area contributed by atoms with E-state index in [1.165, 1.54) is 17.4 Å². The van der Waals surface area contributed by atoms with Gasteiger partial charge >= 0.3 is 5.69 Å².